The van der Waals surface area contributed by atoms with Gasteiger partial charge in [0.15, 0.2) is 0 Å². The summed E-state index contributed by atoms with van der Waals surface area (Å²) >= 11 is 0. The summed E-state index contributed by atoms with van der Waals surface area (Å²) in [7, 11) is 0. The first kappa shape index (κ1) is 13.5. The largest absolute Gasteiger partial charge is 0.373 e. The summed E-state index contributed by atoms with van der Waals surface area (Å²) in [5, 5.41) is 3.44. The van der Waals surface area contributed by atoms with Crippen LogP contribution >= 0.6 is 0 Å². The molecule has 20 heavy (non-hydrogen) atoms. The molecule has 0 aliphatic carbocycles. The van der Waals surface area contributed by atoms with Gasteiger partial charge in [-0.2, -0.15) is 0 Å². The molecule has 0 radical (unpaired) electrons. The number of hydrogen-bond acceptors (Lipinski definition) is 2. The predicted octanol–water partition coefficient (Wildman–Crippen LogP) is 3.21. The van der Waals surface area contributed by atoms with E-state index in [0.717, 1.165) is 44.5 Å². The van der Waals surface area contributed by atoms with Gasteiger partial charge in [0.2, 0.25) is 5.91 Å². The van der Waals surface area contributed by atoms with E-state index in [-0.39, 0.29) is 6.04 Å². The number of carbonyl (C=O) groups excluding carboxylic acids is 1. The summed E-state index contributed by atoms with van der Waals surface area (Å²) in [6, 6.07) is 8.32. The molecule has 0 aromatic heterocycles. The smallest absolute Gasteiger partial charge is 0.245 e. The number of anilines is 1. The third kappa shape index (κ3) is 2.97. The van der Waals surface area contributed by atoms with Crippen molar-refractivity contribution in [2.24, 2.45) is 0 Å². The molecular formula is C17H24N2O. The molecule has 3 rings (SSSR count). The highest BCUT2D eigenvalue weighted by Gasteiger charge is 2.27. The van der Waals surface area contributed by atoms with Crippen LogP contribution in [0, 0.1) is 0 Å². The molecule has 2 aliphatic heterocycles. The lowest BCUT2D eigenvalue weighted by Crippen LogP contribution is -2.45. The van der Waals surface area contributed by atoms with Crippen LogP contribution in [-0.4, -0.2) is 29.9 Å². The van der Waals surface area contributed by atoms with Crippen molar-refractivity contribution < 1.29 is 4.79 Å². The third-order valence-corrected chi connectivity index (χ3v) is 4.52. The highest BCUT2D eigenvalue weighted by Crippen LogP contribution is 2.25. The number of benzene rings is 1. The Kier molecular flexibility index (Phi) is 4.24. The number of rotatable bonds is 1. The summed E-state index contributed by atoms with van der Waals surface area (Å²) < 4.78 is 0. The Morgan fingerprint density at radius 1 is 1.05 bits per heavy atom. The van der Waals surface area contributed by atoms with Crippen molar-refractivity contribution in [3.05, 3.63) is 29.8 Å². The van der Waals surface area contributed by atoms with E-state index in [9.17, 15) is 4.79 Å². The van der Waals surface area contributed by atoms with Crippen LogP contribution in [0.5, 0.6) is 0 Å². The summed E-state index contributed by atoms with van der Waals surface area (Å²) in [6.07, 6.45) is 8.12. The molecule has 1 N–H and O–H groups in total. The molecule has 108 valence electrons. The van der Waals surface area contributed by atoms with Crippen LogP contribution in [-0.2, 0) is 11.2 Å². The van der Waals surface area contributed by atoms with Crippen molar-refractivity contribution in [2.75, 3.05) is 18.4 Å². The zero-order chi connectivity index (χ0) is 13.8. The number of aryl methyl sites for hydroxylation is 1. The van der Waals surface area contributed by atoms with E-state index >= 15 is 0 Å². The molecule has 2 aliphatic rings. The molecular weight excluding hydrogens is 248 g/mol. The van der Waals surface area contributed by atoms with Crippen LogP contribution in [0.25, 0.3) is 0 Å². The number of fused-ring (bicyclic) bond motifs is 1. The fraction of sp³-hybridized carbons (Fsp3) is 0.588. The van der Waals surface area contributed by atoms with Crippen LogP contribution in [0.15, 0.2) is 24.3 Å². The zero-order valence-corrected chi connectivity index (χ0v) is 12.1. The second kappa shape index (κ2) is 6.29. The van der Waals surface area contributed by atoms with E-state index in [1.807, 2.05) is 6.07 Å². The van der Waals surface area contributed by atoms with Crippen LogP contribution < -0.4 is 5.32 Å². The number of nitrogens with one attached hydrogen (secondary N) is 1. The molecule has 3 nitrogen and oxygen atoms in total. The first-order valence-electron chi connectivity index (χ1n) is 7.98. The van der Waals surface area contributed by atoms with E-state index in [0.29, 0.717) is 5.91 Å². The highest BCUT2D eigenvalue weighted by molar-refractivity contribution is 5.85. The van der Waals surface area contributed by atoms with E-state index in [4.69, 9.17) is 0 Å². The molecule has 1 unspecified atom stereocenters. The third-order valence-electron chi connectivity index (χ3n) is 4.52. The van der Waals surface area contributed by atoms with Crippen LogP contribution in [0.1, 0.15) is 44.1 Å². The lowest BCUT2D eigenvalue weighted by Gasteiger charge is -2.32. The fourth-order valence-electron chi connectivity index (χ4n) is 3.31. The minimum atomic E-state index is -0.0238. The Labute approximate surface area is 121 Å². The van der Waals surface area contributed by atoms with Gasteiger partial charge in [-0.1, -0.05) is 37.5 Å². The SMILES string of the molecule is O=C(C1CCc2ccccc2N1)N1CCCCCCC1. The minimum Gasteiger partial charge on any atom is -0.373 e. The minimum absolute atomic E-state index is 0.0238. The first-order chi connectivity index (χ1) is 9.84. The van der Waals surface area contributed by atoms with Gasteiger partial charge in [-0.15, -0.1) is 0 Å². The van der Waals surface area contributed by atoms with Gasteiger partial charge in [-0.05, 0) is 37.3 Å². The number of hydrogen-bond donors (Lipinski definition) is 1. The summed E-state index contributed by atoms with van der Waals surface area (Å²) in [5.41, 5.74) is 2.48. The van der Waals surface area contributed by atoms with Crippen molar-refractivity contribution in [2.45, 2.75) is 51.0 Å². The van der Waals surface area contributed by atoms with Crippen molar-refractivity contribution in [3.63, 3.8) is 0 Å². The van der Waals surface area contributed by atoms with Crippen molar-refractivity contribution in [3.8, 4) is 0 Å². The molecule has 0 bridgehead atoms. The van der Waals surface area contributed by atoms with E-state index in [1.165, 1.54) is 24.8 Å². The summed E-state index contributed by atoms with van der Waals surface area (Å²) in [5.74, 6) is 0.307. The van der Waals surface area contributed by atoms with Gasteiger partial charge in [0.25, 0.3) is 0 Å². The van der Waals surface area contributed by atoms with Gasteiger partial charge in [0.05, 0.1) is 0 Å². The molecule has 0 saturated carbocycles. The molecule has 0 spiro atoms. The maximum absolute atomic E-state index is 12.7. The monoisotopic (exact) mass is 272 g/mol. The zero-order valence-electron chi connectivity index (χ0n) is 12.1. The Morgan fingerprint density at radius 2 is 1.75 bits per heavy atom. The average Bonchev–Trinajstić information content (AvgIpc) is 2.46. The van der Waals surface area contributed by atoms with Crippen LogP contribution in [0.3, 0.4) is 0 Å². The maximum Gasteiger partial charge on any atom is 0.245 e. The average molecular weight is 272 g/mol. The molecule has 1 fully saturated rings. The van der Waals surface area contributed by atoms with Gasteiger partial charge < -0.3 is 10.2 Å². The first-order valence-corrected chi connectivity index (χ1v) is 7.98. The summed E-state index contributed by atoms with van der Waals surface area (Å²) in [6.45, 7) is 1.89. The van der Waals surface area contributed by atoms with E-state index < -0.39 is 0 Å². The molecule has 1 amide bonds. The highest BCUT2D eigenvalue weighted by atomic mass is 16.2. The van der Waals surface area contributed by atoms with Crippen molar-refractivity contribution in [1.29, 1.82) is 0 Å². The van der Waals surface area contributed by atoms with E-state index in [1.54, 1.807) is 0 Å². The lowest BCUT2D eigenvalue weighted by atomic mass is 9.97. The van der Waals surface area contributed by atoms with Crippen molar-refractivity contribution in [1.82, 2.24) is 4.90 Å². The van der Waals surface area contributed by atoms with Crippen LogP contribution in [0.2, 0.25) is 0 Å². The van der Waals surface area contributed by atoms with Gasteiger partial charge in [-0.25, -0.2) is 0 Å². The second-order valence-electron chi connectivity index (χ2n) is 5.99. The molecule has 1 saturated heterocycles. The Morgan fingerprint density at radius 3 is 2.55 bits per heavy atom. The van der Waals surface area contributed by atoms with E-state index in [2.05, 4.69) is 28.4 Å². The summed E-state index contributed by atoms with van der Waals surface area (Å²) in [4.78, 5) is 14.8. The fourth-order valence-corrected chi connectivity index (χ4v) is 3.31. The number of para-hydroxylation sites is 1. The second-order valence-corrected chi connectivity index (χ2v) is 5.99. The Hall–Kier alpha value is -1.51. The predicted molar refractivity (Wildman–Crippen MR) is 81.8 cm³/mol. The lowest BCUT2D eigenvalue weighted by molar-refractivity contribution is -0.132. The normalized spacial score (nSPS) is 23.2. The van der Waals surface area contributed by atoms with Crippen LogP contribution in [0.4, 0.5) is 5.69 Å². The molecule has 1 aromatic carbocycles. The van der Waals surface area contributed by atoms with Gasteiger partial charge in [0.1, 0.15) is 6.04 Å². The Bertz CT molecular complexity index is 464. The quantitative estimate of drug-likeness (QED) is 0.851. The number of amides is 1. The molecule has 2 heterocycles. The molecule has 1 aromatic rings. The van der Waals surface area contributed by atoms with Gasteiger partial charge in [0, 0.05) is 18.8 Å². The van der Waals surface area contributed by atoms with Crippen molar-refractivity contribution >= 4 is 11.6 Å². The molecule has 3 heteroatoms. The standard InChI is InChI=1S/C17H24N2O/c20-17(19-12-6-2-1-3-7-13-19)16-11-10-14-8-4-5-9-15(14)18-16/h4-5,8-9,16,18H,1-3,6-7,10-13H2. The number of likely N-dealkylation sites (tertiary alicyclic amines) is 1. The Balaban J connectivity index is 1.65. The number of carbonyl (C=O) groups is 1. The number of nitrogens with zero attached hydrogens (tertiary/aromatic N) is 1. The van der Waals surface area contributed by atoms with Gasteiger partial charge in [-0.3, -0.25) is 4.79 Å². The topological polar surface area (TPSA) is 32.3 Å². The molecule has 1 atom stereocenters. The van der Waals surface area contributed by atoms with Gasteiger partial charge >= 0.3 is 0 Å². The maximum atomic E-state index is 12.7.